The molecule has 1 heterocycles. The second-order valence-electron chi connectivity index (χ2n) is 2.99. The van der Waals surface area contributed by atoms with E-state index in [-0.39, 0.29) is 0 Å². The van der Waals surface area contributed by atoms with E-state index in [0.717, 1.165) is 16.3 Å². The minimum atomic E-state index is -0.471. The molecule has 0 amide bonds. The summed E-state index contributed by atoms with van der Waals surface area (Å²) in [4.78, 5) is 0. The number of nitrogens with one attached hydrogen (secondary N) is 1. The van der Waals surface area contributed by atoms with Crippen LogP contribution in [0.4, 0.5) is 0 Å². The summed E-state index contributed by atoms with van der Waals surface area (Å²) in [7, 11) is 0. The zero-order chi connectivity index (χ0) is 10.7. The van der Waals surface area contributed by atoms with Crippen molar-refractivity contribution < 1.29 is 4.42 Å². The van der Waals surface area contributed by atoms with Crippen LogP contribution in [-0.2, 0) is 0 Å². The lowest BCUT2D eigenvalue weighted by atomic mass is 10.2. The van der Waals surface area contributed by atoms with Crippen molar-refractivity contribution in [3.8, 4) is 0 Å². The maximum absolute atomic E-state index is 5.42. The van der Waals surface area contributed by atoms with Crippen molar-refractivity contribution in [3.63, 3.8) is 0 Å². The second-order valence-corrected chi connectivity index (χ2v) is 3.54. The number of nitrogens with two attached hydrogens (primary N) is 1. The van der Waals surface area contributed by atoms with Crippen molar-refractivity contribution in [3.05, 3.63) is 42.0 Å². The molecule has 0 aliphatic heterocycles. The molecule has 1 aromatic carbocycles. The van der Waals surface area contributed by atoms with Gasteiger partial charge in [0.25, 0.3) is 0 Å². The molecular weight excluding hydrogens is 210 g/mol. The maximum atomic E-state index is 5.42. The van der Waals surface area contributed by atoms with Crippen LogP contribution in [0.2, 0.25) is 0 Å². The molecular formula is C10H11N3OS. The number of fused-ring (bicyclic) bond motifs is 1. The molecule has 3 N–H and O–H groups in total. The Morgan fingerprint density at radius 3 is 2.93 bits per heavy atom. The molecule has 78 valence electrons. The molecule has 1 aromatic heterocycles. The van der Waals surface area contributed by atoms with E-state index in [0.29, 0.717) is 0 Å². The number of rotatable bonds is 2. The largest absolute Gasteiger partial charge is 0.464 e. The van der Waals surface area contributed by atoms with Crippen LogP contribution in [-0.4, -0.2) is 5.50 Å². The molecule has 5 heteroatoms. The van der Waals surface area contributed by atoms with Gasteiger partial charge in [-0.05, 0) is 12.1 Å². The zero-order valence-corrected chi connectivity index (χ0v) is 8.82. The standard InChI is InChI=1S/C10H11N3OS/c11-10(15)13-12-8-5-6-14-9-4-2-1-3-7(8)9/h1-6,10,13,15H,11H2. The number of hydrogen-bond donors (Lipinski definition) is 3. The van der Waals surface area contributed by atoms with Gasteiger partial charge in [0.1, 0.15) is 11.1 Å². The van der Waals surface area contributed by atoms with Crippen molar-refractivity contribution in [2.24, 2.45) is 10.8 Å². The number of nitrogens with zero attached hydrogens (tertiary/aromatic N) is 1. The van der Waals surface area contributed by atoms with Gasteiger partial charge in [0.15, 0.2) is 0 Å². The number of benzene rings is 1. The molecule has 2 aromatic rings. The highest BCUT2D eigenvalue weighted by atomic mass is 32.1. The van der Waals surface area contributed by atoms with Gasteiger partial charge >= 0.3 is 0 Å². The number of para-hydroxylation sites is 1. The Morgan fingerprint density at radius 2 is 2.13 bits per heavy atom. The molecule has 0 aliphatic rings. The van der Waals surface area contributed by atoms with Gasteiger partial charge in [-0.1, -0.05) is 12.1 Å². The summed E-state index contributed by atoms with van der Waals surface area (Å²) in [5.41, 5.74) is 8.41. The molecule has 4 nitrogen and oxygen atoms in total. The van der Waals surface area contributed by atoms with Crippen LogP contribution in [0.5, 0.6) is 0 Å². The molecule has 2 rings (SSSR count). The molecule has 1 atom stereocenters. The van der Waals surface area contributed by atoms with Gasteiger partial charge in [-0.3, -0.25) is 5.43 Å². The van der Waals surface area contributed by atoms with E-state index in [1.54, 1.807) is 12.3 Å². The predicted octanol–water partition coefficient (Wildman–Crippen LogP) is 1.01. The summed E-state index contributed by atoms with van der Waals surface area (Å²) in [6.07, 6.45) is 1.59. The maximum Gasteiger partial charge on any atom is 0.136 e. The van der Waals surface area contributed by atoms with Crippen LogP contribution in [0.1, 0.15) is 0 Å². The third-order valence-electron chi connectivity index (χ3n) is 1.90. The predicted molar refractivity (Wildman–Crippen MR) is 61.9 cm³/mol. The normalized spacial score (nSPS) is 14.1. The molecule has 0 saturated carbocycles. The fourth-order valence-electron chi connectivity index (χ4n) is 1.28. The summed E-state index contributed by atoms with van der Waals surface area (Å²) < 4.78 is 5.32. The monoisotopic (exact) mass is 221 g/mol. The van der Waals surface area contributed by atoms with E-state index in [1.165, 1.54) is 0 Å². The van der Waals surface area contributed by atoms with Crippen LogP contribution < -0.4 is 16.5 Å². The Labute approximate surface area is 92.2 Å². The average molecular weight is 221 g/mol. The van der Waals surface area contributed by atoms with E-state index in [1.807, 2.05) is 24.3 Å². The lowest BCUT2D eigenvalue weighted by Gasteiger charge is -2.02. The average Bonchev–Trinajstić information content (AvgIpc) is 2.26. The first-order valence-electron chi connectivity index (χ1n) is 4.47. The summed E-state index contributed by atoms with van der Waals surface area (Å²) in [5.74, 6) is 0. The van der Waals surface area contributed by atoms with Crippen LogP contribution in [0.15, 0.2) is 46.1 Å². The Bertz CT molecular complexity index is 516. The third-order valence-corrected chi connectivity index (χ3v) is 2.02. The lowest BCUT2D eigenvalue weighted by molar-refractivity contribution is 0.599. The van der Waals surface area contributed by atoms with E-state index in [4.69, 9.17) is 10.2 Å². The minimum Gasteiger partial charge on any atom is -0.464 e. The summed E-state index contributed by atoms with van der Waals surface area (Å²) in [6.45, 7) is 0. The summed E-state index contributed by atoms with van der Waals surface area (Å²) >= 11 is 3.97. The van der Waals surface area contributed by atoms with Crippen molar-refractivity contribution in [2.45, 2.75) is 5.50 Å². The third kappa shape index (κ3) is 2.31. The van der Waals surface area contributed by atoms with Crippen LogP contribution in [0.25, 0.3) is 11.0 Å². The van der Waals surface area contributed by atoms with Gasteiger partial charge in [-0.2, -0.15) is 5.10 Å². The van der Waals surface area contributed by atoms with Crippen molar-refractivity contribution in [1.29, 1.82) is 0 Å². The van der Waals surface area contributed by atoms with E-state index >= 15 is 0 Å². The van der Waals surface area contributed by atoms with Gasteiger partial charge in [0.2, 0.25) is 0 Å². The first kappa shape index (κ1) is 10.1. The first-order valence-corrected chi connectivity index (χ1v) is 4.98. The van der Waals surface area contributed by atoms with E-state index in [2.05, 4.69) is 23.2 Å². The van der Waals surface area contributed by atoms with Gasteiger partial charge < -0.3 is 10.2 Å². The van der Waals surface area contributed by atoms with E-state index in [9.17, 15) is 0 Å². The highest BCUT2D eigenvalue weighted by Crippen LogP contribution is 2.07. The summed E-state index contributed by atoms with van der Waals surface area (Å²) in [6, 6.07) is 9.43. The Kier molecular flexibility index (Phi) is 2.94. The van der Waals surface area contributed by atoms with Crippen molar-refractivity contribution >= 4 is 23.6 Å². The van der Waals surface area contributed by atoms with Gasteiger partial charge in [0.05, 0.1) is 11.6 Å². The van der Waals surface area contributed by atoms with Crippen LogP contribution >= 0.6 is 12.6 Å². The van der Waals surface area contributed by atoms with Crippen molar-refractivity contribution in [2.75, 3.05) is 0 Å². The smallest absolute Gasteiger partial charge is 0.136 e. The minimum absolute atomic E-state index is 0.471. The molecule has 0 radical (unpaired) electrons. The Morgan fingerprint density at radius 1 is 1.33 bits per heavy atom. The first-order chi connectivity index (χ1) is 7.27. The zero-order valence-electron chi connectivity index (χ0n) is 7.92. The van der Waals surface area contributed by atoms with E-state index < -0.39 is 5.50 Å². The topological polar surface area (TPSA) is 63.5 Å². The molecule has 0 bridgehead atoms. The molecule has 0 aliphatic carbocycles. The lowest BCUT2D eigenvalue weighted by Crippen LogP contribution is -2.29. The number of hydrogen-bond acceptors (Lipinski definition) is 5. The molecule has 0 spiro atoms. The SMILES string of the molecule is NC(S)NN=c1ccoc2ccccc12. The fraction of sp³-hybridized carbons (Fsp3) is 0.100. The Hall–Kier alpha value is -1.46. The molecule has 1 unspecified atom stereocenters. The van der Waals surface area contributed by atoms with Crippen molar-refractivity contribution in [1.82, 2.24) is 5.43 Å². The second kappa shape index (κ2) is 4.37. The molecule has 0 saturated heterocycles. The Balaban J connectivity index is 2.56. The van der Waals surface area contributed by atoms with Gasteiger partial charge in [-0.15, -0.1) is 12.6 Å². The highest BCUT2D eigenvalue weighted by Gasteiger charge is 1.96. The van der Waals surface area contributed by atoms with Crippen LogP contribution in [0.3, 0.4) is 0 Å². The van der Waals surface area contributed by atoms with Gasteiger partial charge in [-0.25, -0.2) is 0 Å². The fourth-order valence-corrected chi connectivity index (χ4v) is 1.33. The summed E-state index contributed by atoms with van der Waals surface area (Å²) in [5, 5.41) is 5.83. The van der Waals surface area contributed by atoms with Gasteiger partial charge in [0, 0.05) is 11.5 Å². The molecule has 15 heavy (non-hydrogen) atoms. The molecule has 0 fully saturated rings. The highest BCUT2D eigenvalue weighted by molar-refractivity contribution is 7.80. The van der Waals surface area contributed by atoms with Crippen LogP contribution in [0, 0.1) is 0 Å². The number of thiol groups is 1. The quantitative estimate of drug-likeness (QED) is 0.403.